The molecule has 1 saturated heterocycles. The van der Waals surface area contributed by atoms with Gasteiger partial charge < -0.3 is 10.2 Å². The van der Waals surface area contributed by atoms with E-state index in [1.165, 1.54) is 27.4 Å². The Hall–Kier alpha value is -3.15. The average molecular weight is 427 g/mol. The van der Waals surface area contributed by atoms with Crippen molar-refractivity contribution in [2.45, 2.75) is 4.90 Å². The number of anilines is 1. The van der Waals surface area contributed by atoms with Crippen molar-refractivity contribution in [3.8, 4) is 5.69 Å². The Kier molecular flexibility index (Phi) is 5.57. The Balaban J connectivity index is 1.46. The van der Waals surface area contributed by atoms with Crippen LogP contribution in [0.3, 0.4) is 0 Å². The highest BCUT2D eigenvalue weighted by atomic mass is 32.2. The molecule has 3 aromatic rings. The van der Waals surface area contributed by atoms with Crippen molar-refractivity contribution in [2.24, 2.45) is 0 Å². The molecular weight excluding hydrogens is 406 g/mol. The molecule has 2 heterocycles. The van der Waals surface area contributed by atoms with Crippen molar-refractivity contribution in [2.75, 3.05) is 38.5 Å². The minimum absolute atomic E-state index is 0.214. The van der Waals surface area contributed by atoms with Crippen LogP contribution in [0.15, 0.2) is 59.8 Å². The number of hydrogen-bond acceptors (Lipinski definition) is 7. The molecule has 4 rings (SSSR count). The summed E-state index contributed by atoms with van der Waals surface area (Å²) in [6, 6.07) is 13.1. The van der Waals surface area contributed by atoms with E-state index < -0.39 is 10.0 Å². The van der Waals surface area contributed by atoms with Gasteiger partial charge in [0.25, 0.3) is 5.91 Å². The van der Waals surface area contributed by atoms with Crippen LogP contribution in [-0.4, -0.2) is 77.0 Å². The lowest BCUT2D eigenvalue weighted by Gasteiger charge is -2.31. The van der Waals surface area contributed by atoms with Gasteiger partial charge in [-0.1, -0.05) is 6.07 Å². The highest BCUT2D eigenvalue weighted by molar-refractivity contribution is 7.89. The summed E-state index contributed by atoms with van der Waals surface area (Å²) in [6.07, 6.45) is 1.44. The summed E-state index contributed by atoms with van der Waals surface area (Å²) in [5.41, 5.74) is 1.59. The fraction of sp³-hybridized carbons (Fsp3) is 0.263. The average Bonchev–Trinajstić information content (AvgIpc) is 3.30. The van der Waals surface area contributed by atoms with Crippen LogP contribution >= 0.6 is 0 Å². The first-order valence-electron chi connectivity index (χ1n) is 9.37. The number of carbonyl (C=O) groups excluding carboxylic acids is 1. The molecule has 1 aliphatic heterocycles. The van der Waals surface area contributed by atoms with E-state index in [2.05, 4.69) is 25.7 Å². The zero-order valence-corrected chi connectivity index (χ0v) is 17.2. The van der Waals surface area contributed by atoms with Crippen LogP contribution in [0.1, 0.15) is 10.4 Å². The third kappa shape index (κ3) is 4.22. The lowest BCUT2D eigenvalue weighted by atomic mass is 10.2. The number of piperazine rings is 1. The van der Waals surface area contributed by atoms with E-state index in [9.17, 15) is 13.2 Å². The predicted molar refractivity (Wildman–Crippen MR) is 110 cm³/mol. The summed E-state index contributed by atoms with van der Waals surface area (Å²) in [6.45, 7) is 2.35. The molecule has 0 unspecified atom stereocenters. The van der Waals surface area contributed by atoms with Crippen LogP contribution in [0.2, 0.25) is 0 Å². The molecule has 11 heteroatoms. The van der Waals surface area contributed by atoms with E-state index in [1.807, 2.05) is 7.05 Å². The zero-order valence-electron chi connectivity index (χ0n) is 16.3. The molecule has 0 atom stereocenters. The summed E-state index contributed by atoms with van der Waals surface area (Å²) >= 11 is 0. The molecule has 30 heavy (non-hydrogen) atoms. The molecule has 1 N–H and O–H groups in total. The maximum absolute atomic E-state index is 12.8. The SMILES string of the molecule is CN1CCN(S(=O)(=O)c2ccc(NC(=O)c3cccc(-n4cnnn4)c3)cc2)CC1. The number of benzene rings is 2. The van der Waals surface area contributed by atoms with Crippen LogP contribution in [0.4, 0.5) is 5.69 Å². The number of amides is 1. The van der Waals surface area contributed by atoms with E-state index in [-0.39, 0.29) is 10.8 Å². The summed E-state index contributed by atoms with van der Waals surface area (Å²) in [5, 5.41) is 13.8. The van der Waals surface area contributed by atoms with E-state index in [4.69, 9.17) is 0 Å². The second-order valence-corrected chi connectivity index (χ2v) is 8.93. The number of tetrazole rings is 1. The molecule has 1 fully saturated rings. The minimum Gasteiger partial charge on any atom is -0.322 e. The van der Waals surface area contributed by atoms with Gasteiger partial charge in [-0.05, 0) is 59.9 Å². The standard InChI is InChI=1S/C19H21N7O3S/c1-24-9-11-25(12-10-24)30(28,29)18-7-5-16(6-8-18)21-19(27)15-3-2-4-17(13-15)26-14-20-22-23-26/h2-8,13-14H,9-12H2,1H3,(H,21,27). The number of nitrogens with one attached hydrogen (secondary N) is 1. The quantitative estimate of drug-likeness (QED) is 0.642. The number of aromatic nitrogens is 4. The smallest absolute Gasteiger partial charge is 0.255 e. The number of nitrogens with zero attached hydrogens (tertiary/aromatic N) is 6. The van der Waals surface area contributed by atoms with Crippen molar-refractivity contribution in [1.29, 1.82) is 0 Å². The Morgan fingerprint density at radius 2 is 1.77 bits per heavy atom. The summed E-state index contributed by atoms with van der Waals surface area (Å²) in [5.74, 6) is -0.320. The fourth-order valence-corrected chi connectivity index (χ4v) is 4.58. The summed E-state index contributed by atoms with van der Waals surface area (Å²) in [4.78, 5) is 14.9. The summed E-state index contributed by atoms with van der Waals surface area (Å²) < 4.78 is 28.5. The Bertz CT molecular complexity index is 1120. The van der Waals surface area contributed by atoms with Crippen molar-refractivity contribution >= 4 is 21.6 Å². The molecule has 2 aromatic carbocycles. The lowest BCUT2D eigenvalue weighted by Crippen LogP contribution is -2.46. The number of carbonyl (C=O) groups is 1. The molecule has 0 spiro atoms. The molecule has 0 bridgehead atoms. The molecule has 1 amide bonds. The number of likely N-dealkylation sites (N-methyl/N-ethyl adjacent to an activating group) is 1. The third-order valence-electron chi connectivity index (χ3n) is 4.93. The maximum atomic E-state index is 12.8. The molecule has 0 saturated carbocycles. The van der Waals surface area contributed by atoms with Gasteiger partial charge in [0.15, 0.2) is 0 Å². The van der Waals surface area contributed by atoms with Gasteiger partial charge in [-0.25, -0.2) is 13.1 Å². The second kappa shape index (κ2) is 8.30. The number of rotatable bonds is 5. The zero-order chi connectivity index (χ0) is 21.1. The van der Waals surface area contributed by atoms with Crippen LogP contribution in [0, 0.1) is 0 Å². The van der Waals surface area contributed by atoms with Gasteiger partial charge >= 0.3 is 0 Å². The van der Waals surface area contributed by atoms with E-state index >= 15 is 0 Å². The highest BCUT2D eigenvalue weighted by Crippen LogP contribution is 2.20. The van der Waals surface area contributed by atoms with Crippen molar-refractivity contribution in [1.82, 2.24) is 29.4 Å². The molecule has 0 radical (unpaired) electrons. The fourth-order valence-electron chi connectivity index (χ4n) is 3.16. The Morgan fingerprint density at radius 3 is 2.43 bits per heavy atom. The minimum atomic E-state index is -3.54. The van der Waals surface area contributed by atoms with E-state index in [1.54, 1.807) is 36.4 Å². The Morgan fingerprint density at radius 1 is 1.03 bits per heavy atom. The monoisotopic (exact) mass is 427 g/mol. The van der Waals surface area contributed by atoms with Gasteiger partial charge in [0.1, 0.15) is 6.33 Å². The molecule has 10 nitrogen and oxygen atoms in total. The van der Waals surface area contributed by atoms with Crippen molar-refractivity contribution in [3.63, 3.8) is 0 Å². The van der Waals surface area contributed by atoms with Crippen LogP contribution in [-0.2, 0) is 10.0 Å². The molecule has 1 aliphatic rings. The molecule has 156 valence electrons. The summed E-state index contributed by atoms with van der Waals surface area (Å²) in [7, 11) is -1.57. The van der Waals surface area contributed by atoms with Crippen molar-refractivity contribution in [3.05, 3.63) is 60.4 Å². The van der Waals surface area contributed by atoms with Crippen molar-refractivity contribution < 1.29 is 13.2 Å². The van der Waals surface area contributed by atoms with E-state index in [0.717, 1.165) is 0 Å². The molecule has 0 aliphatic carbocycles. The predicted octanol–water partition coefficient (Wildman–Crippen LogP) is 0.851. The number of hydrogen-bond donors (Lipinski definition) is 1. The van der Waals surface area contributed by atoms with Gasteiger partial charge in [-0.3, -0.25) is 4.79 Å². The second-order valence-electron chi connectivity index (χ2n) is 6.99. The normalized spacial score (nSPS) is 15.8. The third-order valence-corrected chi connectivity index (χ3v) is 6.85. The van der Waals surface area contributed by atoms with Crippen LogP contribution in [0.5, 0.6) is 0 Å². The van der Waals surface area contributed by atoms with Gasteiger partial charge in [0.2, 0.25) is 10.0 Å². The Labute approximate surface area is 174 Å². The first-order valence-corrected chi connectivity index (χ1v) is 10.8. The molecular formula is C19H21N7O3S. The largest absolute Gasteiger partial charge is 0.322 e. The van der Waals surface area contributed by atoms with Gasteiger partial charge in [0.05, 0.1) is 10.6 Å². The van der Waals surface area contributed by atoms with Crippen LogP contribution in [0.25, 0.3) is 5.69 Å². The maximum Gasteiger partial charge on any atom is 0.255 e. The van der Waals surface area contributed by atoms with Gasteiger partial charge in [0, 0.05) is 37.4 Å². The van der Waals surface area contributed by atoms with Gasteiger partial charge in [-0.15, -0.1) is 5.10 Å². The van der Waals surface area contributed by atoms with Crippen LogP contribution < -0.4 is 5.32 Å². The number of sulfonamides is 1. The topological polar surface area (TPSA) is 113 Å². The van der Waals surface area contributed by atoms with E-state index in [0.29, 0.717) is 43.1 Å². The molecule has 1 aromatic heterocycles. The first-order chi connectivity index (χ1) is 14.4. The first kappa shape index (κ1) is 20.1. The van der Waals surface area contributed by atoms with Gasteiger partial charge in [-0.2, -0.15) is 4.31 Å². The highest BCUT2D eigenvalue weighted by Gasteiger charge is 2.27. The lowest BCUT2D eigenvalue weighted by molar-refractivity contribution is 0.102.